The van der Waals surface area contributed by atoms with Crippen molar-refractivity contribution in [3.63, 3.8) is 0 Å². The van der Waals surface area contributed by atoms with Crippen LogP contribution in [0.2, 0.25) is 0 Å². The second-order valence-electron chi connectivity index (χ2n) is 6.56. The van der Waals surface area contributed by atoms with Crippen molar-refractivity contribution < 1.29 is 14.2 Å². The molecule has 0 aliphatic carbocycles. The van der Waals surface area contributed by atoms with E-state index >= 15 is 0 Å². The number of rotatable bonds is 8. The number of aromatic nitrogens is 4. The molecule has 30 heavy (non-hydrogen) atoms. The first kappa shape index (κ1) is 19.8. The number of para-hydroxylation sites is 1. The van der Waals surface area contributed by atoms with E-state index in [1.54, 1.807) is 6.20 Å². The van der Waals surface area contributed by atoms with E-state index in [0.29, 0.717) is 24.9 Å². The summed E-state index contributed by atoms with van der Waals surface area (Å²) in [6.45, 7) is 4.13. The van der Waals surface area contributed by atoms with Crippen molar-refractivity contribution in [2.45, 2.75) is 0 Å². The number of hydrogen-bond acceptors (Lipinski definition) is 9. The maximum Gasteiger partial charge on any atom is 0.321 e. The SMILES string of the molecule is COc1nc(NCCOc2ccccc2)nc(-c2ccc(N3CCOCC3)nc2)n1. The van der Waals surface area contributed by atoms with Crippen molar-refractivity contribution in [3.8, 4) is 23.1 Å². The minimum atomic E-state index is 0.240. The Morgan fingerprint density at radius 3 is 2.60 bits per heavy atom. The van der Waals surface area contributed by atoms with Gasteiger partial charge in [0.2, 0.25) is 5.95 Å². The highest BCUT2D eigenvalue weighted by Crippen LogP contribution is 2.21. The zero-order valence-corrected chi connectivity index (χ0v) is 16.8. The third-order valence-electron chi connectivity index (χ3n) is 4.54. The Hall–Kier alpha value is -3.46. The Balaban J connectivity index is 1.41. The van der Waals surface area contributed by atoms with Crippen LogP contribution in [0, 0.1) is 0 Å². The van der Waals surface area contributed by atoms with Crippen molar-refractivity contribution in [2.24, 2.45) is 0 Å². The number of ether oxygens (including phenoxy) is 3. The number of nitrogens with one attached hydrogen (secondary N) is 1. The summed E-state index contributed by atoms with van der Waals surface area (Å²) < 4.78 is 16.3. The number of benzene rings is 1. The summed E-state index contributed by atoms with van der Waals surface area (Å²) in [5, 5.41) is 3.15. The molecule has 0 unspecified atom stereocenters. The molecule has 0 radical (unpaired) electrons. The first-order valence-electron chi connectivity index (χ1n) is 9.83. The summed E-state index contributed by atoms with van der Waals surface area (Å²) in [5.41, 5.74) is 0.788. The number of nitrogens with zero attached hydrogens (tertiary/aromatic N) is 5. The Bertz CT molecular complexity index is 933. The van der Waals surface area contributed by atoms with Gasteiger partial charge < -0.3 is 24.4 Å². The summed E-state index contributed by atoms with van der Waals surface area (Å²) in [4.78, 5) is 19.9. The standard InChI is InChI=1S/C21H24N6O3/c1-28-21-25-19(16-7-8-18(23-15-16)27-10-13-29-14-11-27)24-20(26-21)22-9-12-30-17-5-3-2-4-6-17/h2-8,15H,9-14H2,1H3,(H,22,24,25,26). The van der Waals surface area contributed by atoms with Gasteiger partial charge in [0.1, 0.15) is 18.2 Å². The lowest BCUT2D eigenvalue weighted by Crippen LogP contribution is -2.36. The van der Waals surface area contributed by atoms with Gasteiger partial charge in [-0.15, -0.1) is 0 Å². The third kappa shape index (κ3) is 5.12. The van der Waals surface area contributed by atoms with Crippen LogP contribution in [0.3, 0.4) is 0 Å². The molecule has 1 aliphatic heterocycles. The Labute approximate surface area is 175 Å². The fourth-order valence-electron chi connectivity index (χ4n) is 3.00. The van der Waals surface area contributed by atoms with Crippen LogP contribution in [-0.2, 0) is 4.74 Å². The molecule has 0 saturated carbocycles. The first-order valence-corrected chi connectivity index (χ1v) is 9.83. The predicted octanol–water partition coefficient (Wildman–Crippen LogP) is 2.27. The summed E-state index contributed by atoms with van der Waals surface area (Å²) >= 11 is 0. The van der Waals surface area contributed by atoms with Gasteiger partial charge in [-0.25, -0.2) is 4.98 Å². The van der Waals surface area contributed by atoms with Gasteiger partial charge in [0.25, 0.3) is 0 Å². The molecule has 0 amide bonds. The van der Waals surface area contributed by atoms with Crippen LogP contribution in [0.5, 0.6) is 11.8 Å². The second kappa shape index (κ2) is 9.84. The normalized spacial score (nSPS) is 13.7. The molecule has 2 aromatic heterocycles. The van der Waals surface area contributed by atoms with Crippen molar-refractivity contribution >= 4 is 11.8 Å². The molecule has 1 fully saturated rings. The molecule has 1 aliphatic rings. The van der Waals surface area contributed by atoms with Gasteiger partial charge in [-0.2, -0.15) is 15.0 Å². The first-order chi connectivity index (χ1) is 14.8. The fourth-order valence-corrected chi connectivity index (χ4v) is 3.00. The lowest BCUT2D eigenvalue weighted by Gasteiger charge is -2.27. The van der Waals surface area contributed by atoms with E-state index in [1.165, 1.54) is 7.11 Å². The van der Waals surface area contributed by atoms with Gasteiger partial charge in [-0.05, 0) is 24.3 Å². The van der Waals surface area contributed by atoms with E-state index in [1.807, 2.05) is 42.5 Å². The van der Waals surface area contributed by atoms with Crippen molar-refractivity contribution in [1.29, 1.82) is 0 Å². The van der Waals surface area contributed by atoms with E-state index < -0.39 is 0 Å². The Kier molecular flexibility index (Phi) is 6.51. The fraction of sp³-hybridized carbons (Fsp3) is 0.333. The molecule has 1 saturated heterocycles. The summed E-state index contributed by atoms with van der Waals surface area (Å²) in [6.07, 6.45) is 1.77. The lowest BCUT2D eigenvalue weighted by molar-refractivity contribution is 0.122. The van der Waals surface area contributed by atoms with Crippen LogP contribution >= 0.6 is 0 Å². The number of anilines is 2. The van der Waals surface area contributed by atoms with E-state index in [0.717, 1.165) is 43.4 Å². The van der Waals surface area contributed by atoms with Crippen LogP contribution in [-0.4, -0.2) is 66.5 Å². The molecule has 4 rings (SSSR count). The van der Waals surface area contributed by atoms with E-state index in [9.17, 15) is 0 Å². The Morgan fingerprint density at radius 1 is 1.03 bits per heavy atom. The van der Waals surface area contributed by atoms with E-state index in [2.05, 4.69) is 30.2 Å². The molecule has 9 heteroatoms. The van der Waals surface area contributed by atoms with Crippen LogP contribution in [0.25, 0.3) is 11.4 Å². The van der Waals surface area contributed by atoms with Gasteiger partial charge in [0, 0.05) is 24.8 Å². The van der Waals surface area contributed by atoms with Crippen LogP contribution < -0.4 is 19.7 Å². The van der Waals surface area contributed by atoms with E-state index in [4.69, 9.17) is 14.2 Å². The second-order valence-corrected chi connectivity index (χ2v) is 6.56. The van der Waals surface area contributed by atoms with Crippen molar-refractivity contribution in [1.82, 2.24) is 19.9 Å². The summed E-state index contributed by atoms with van der Waals surface area (Å²) in [5.74, 6) is 2.65. The molecule has 3 heterocycles. The Morgan fingerprint density at radius 2 is 1.87 bits per heavy atom. The number of methoxy groups -OCH3 is 1. The molecule has 0 bridgehead atoms. The molecule has 0 atom stereocenters. The highest BCUT2D eigenvalue weighted by molar-refractivity contribution is 5.58. The predicted molar refractivity (Wildman–Crippen MR) is 113 cm³/mol. The van der Waals surface area contributed by atoms with Gasteiger partial charge in [-0.3, -0.25) is 0 Å². The molecule has 156 valence electrons. The van der Waals surface area contributed by atoms with Crippen LogP contribution in [0.15, 0.2) is 48.7 Å². The smallest absolute Gasteiger partial charge is 0.321 e. The van der Waals surface area contributed by atoms with Crippen LogP contribution in [0.4, 0.5) is 11.8 Å². The van der Waals surface area contributed by atoms with Gasteiger partial charge in [0.15, 0.2) is 5.82 Å². The van der Waals surface area contributed by atoms with Crippen LogP contribution in [0.1, 0.15) is 0 Å². The lowest BCUT2D eigenvalue weighted by atomic mass is 10.2. The third-order valence-corrected chi connectivity index (χ3v) is 4.54. The van der Waals surface area contributed by atoms with Crippen molar-refractivity contribution in [3.05, 3.63) is 48.7 Å². The van der Waals surface area contributed by atoms with Gasteiger partial charge in [-0.1, -0.05) is 18.2 Å². The summed E-state index contributed by atoms with van der Waals surface area (Å²) in [6, 6.07) is 13.8. The molecule has 1 aromatic carbocycles. The molecule has 1 N–H and O–H groups in total. The minimum absolute atomic E-state index is 0.240. The minimum Gasteiger partial charge on any atom is -0.492 e. The highest BCUT2D eigenvalue weighted by atomic mass is 16.5. The monoisotopic (exact) mass is 408 g/mol. The van der Waals surface area contributed by atoms with Gasteiger partial charge >= 0.3 is 6.01 Å². The highest BCUT2D eigenvalue weighted by Gasteiger charge is 2.14. The average molecular weight is 408 g/mol. The zero-order valence-electron chi connectivity index (χ0n) is 16.8. The van der Waals surface area contributed by atoms with Crippen molar-refractivity contribution in [2.75, 3.05) is 56.8 Å². The molecule has 3 aromatic rings. The molecular formula is C21H24N6O3. The maximum absolute atomic E-state index is 5.68. The number of morpholine rings is 1. The average Bonchev–Trinajstić information content (AvgIpc) is 2.83. The zero-order chi connectivity index (χ0) is 20.6. The number of hydrogen-bond donors (Lipinski definition) is 1. The largest absolute Gasteiger partial charge is 0.492 e. The summed E-state index contributed by atoms with van der Waals surface area (Å²) in [7, 11) is 1.53. The molecular weight excluding hydrogens is 384 g/mol. The number of pyridine rings is 1. The van der Waals surface area contributed by atoms with E-state index in [-0.39, 0.29) is 6.01 Å². The quantitative estimate of drug-likeness (QED) is 0.563. The maximum atomic E-state index is 5.68. The molecule has 9 nitrogen and oxygen atoms in total. The molecule has 0 spiro atoms. The van der Waals surface area contributed by atoms with Gasteiger partial charge in [0.05, 0.1) is 26.9 Å². The topological polar surface area (TPSA) is 94.5 Å².